The van der Waals surface area contributed by atoms with Crippen molar-refractivity contribution in [2.75, 3.05) is 20.7 Å². The van der Waals surface area contributed by atoms with Crippen LogP contribution < -0.4 is 0 Å². The fourth-order valence-electron chi connectivity index (χ4n) is 1.49. The molecule has 0 atom stereocenters. The molecule has 108 valence electrons. The Hall–Kier alpha value is -1.96. The first-order valence-corrected chi connectivity index (χ1v) is 6.41. The second-order valence-corrected chi connectivity index (χ2v) is 4.92. The highest BCUT2D eigenvalue weighted by Gasteiger charge is 2.17. The third-order valence-electron chi connectivity index (χ3n) is 2.57. The van der Waals surface area contributed by atoms with Gasteiger partial charge in [-0.15, -0.1) is 0 Å². The number of non-ortho nitro benzene ring substituents is 1. The van der Waals surface area contributed by atoms with E-state index in [4.69, 9.17) is 0 Å². The molecule has 1 aromatic carbocycles. The largest absolute Gasteiger partial charge is 0.469 e. The van der Waals surface area contributed by atoms with Crippen LogP contribution in [0.4, 0.5) is 5.69 Å². The smallest absolute Gasteiger partial charge is 0.307 e. The van der Waals surface area contributed by atoms with Crippen molar-refractivity contribution < 1.29 is 19.2 Å². The molecule has 0 radical (unpaired) electrons. The molecule has 0 aromatic heterocycles. The summed E-state index contributed by atoms with van der Waals surface area (Å²) >= 11 is 3.12. The molecule has 0 spiro atoms. The number of rotatable bonds is 5. The molecule has 1 amide bonds. The van der Waals surface area contributed by atoms with Crippen LogP contribution in [0, 0.1) is 10.1 Å². The summed E-state index contributed by atoms with van der Waals surface area (Å²) < 4.78 is 4.92. The molecular weight excluding hydrogens is 332 g/mol. The first-order valence-electron chi connectivity index (χ1n) is 5.62. The van der Waals surface area contributed by atoms with E-state index in [9.17, 15) is 19.7 Å². The highest BCUT2D eigenvalue weighted by atomic mass is 79.9. The van der Waals surface area contributed by atoms with Crippen LogP contribution in [0.2, 0.25) is 0 Å². The number of amides is 1. The van der Waals surface area contributed by atoms with Gasteiger partial charge in [-0.05, 0) is 6.07 Å². The Balaban J connectivity index is 2.86. The number of hydrogen-bond acceptors (Lipinski definition) is 5. The Morgan fingerprint density at radius 3 is 2.60 bits per heavy atom. The highest BCUT2D eigenvalue weighted by Crippen LogP contribution is 2.22. The van der Waals surface area contributed by atoms with Gasteiger partial charge in [0.25, 0.3) is 11.6 Å². The Labute approximate surface area is 123 Å². The maximum absolute atomic E-state index is 12.1. The van der Waals surface area contributed by atoms with Crippen LogP contribution in [0.25, 0.3) is 0 Å². The van der Waals surface area contributed by atoms with Crippen molar-refractivity contribution in [2.45, 2.75) is 6.42 Å². The number of halogens is 1. The number of methoxy groups -OCH3 is 1. The third kappa shape index (κ3) is 4.30. The number of carbonyl (C=O) groups is 2. The Morgan fingerprint density at radius 2 is 2.05 bits per heavy atom. The SMILES string of the molecule is COC(=O)CCN(C)C(=O)c1cc(Br)cc([N+](=O)[O-])c1. The fourth-order valence-corrected chi connectivity index (χ4v) is 1.97. The number of ether oxygens (including phenoxy) is 1. The maximum atomic E-state index is 12.1. The average Bonchev–Trinajstić information content (AvgIpc) is 2.42. The summed E-state index contributed by atoms with van der Waals surface area (Å²) in [6.07, 6.45) is 0.0643. The van der Waals surface area contributed by atoms with Crippen molar-refractivity contribution in [1.82, 2.24) is 4.90 Å². The zero-order valence-electron chi connectivity index (χ0n) is 11.0. The van der Waals surface area contributed by atoms with Crippen molar-refractivity contribution in [1.29, 1.82) is 0 Å². The van der Waals surface area contributed by atoms with E-state index in [0.717, 1.165) is 0 Å². The molecule has 0 heterocycles. The standard InChI is InChI=1S/C12H13BrN2O5/c1-14(4-3-11(16)20-2)12(17)8-5-9(13)7-10(6-8)15(18)19/h5-7H,3-4H2,1-2H3. The molecule has 1 rings (SSSR count). The predicted octanol–water partition coefficient (Wildman–Crippen LogP) is 1.99. The van der Waals surface area contributed by atoms with E-state index >= 15 is 0 Å². The van der Waals surface area contributed by atoms with E-state index in [1.807, 2.05) is 0 Å². The van der Waals surface area contributed by atoms with Gasteiger partial charge in [0.1, 0.15) is 0 Å². The van der Waals surface area contributed by atoms with Gasteiger partial charge < -0.3 is 9.64 Å². The summed E-state index contributed by atoms with van der Waals surface area (Å²) in [5.41, 5.74) is 0.00235. The molecule has 0 saturated carbocycles. The summed E-state index contributed by atoms with van der Waals surface area (Å²) in [5.74, 6) is -0.830. The minimum atomic E-state index is -0.573. The molecule has 0 aliphatic heterocycles. The van der Waals surface area contributed by atoms with E-state index < -0.39 is 16.8 Å². The zero-order valence-corrected chi connectivity index (χ0v) is 12.5. The number of esters is 1. The number of nitro groups is 1. The number of benzene rings is 1. The minimum Gasteiger partial charge on any atom is -0.469 e. The van der Waals surface area contributed by atoms with Crippen molar-refractivity contribution in [3.8, 4) is 0 Å². The summed E-state index contributed by atoms with van der Waals surface area (Å²) in [4.78, 5) is 34.6. The van der Waals surface area contributed by atoms with Gasteiger partial charge in [-0.25, -0.2) is 0 Å². The second-order valence-electron chi connectivity index (χ2n) is 4.01. The molecule has 0 aliphatic carbocycles. The van der Waals surface area contributed by atoms with Crippen LogP contribution in [-0.2, 0) is 9.53 Å². The van der Waals surface area contributed by atoms with Gasteiger partial charge in [-0.1, -0.05) is 15.9 Å². The lowest BCUT2D eigenvalue weighted by Crippen LogP contribution is -2.29. The van der Waals surface area contributed by atoms with Crippen LogP contribution in [0.15, 0.2) is 22.7 Å². The van der Waals surface area contributed by atoms with E-state index in [1.165, 1.54) is 37.3 Å². The third-order valence-corrected chi connectivity index (χ3v) is 3.02. The van der Waals surface area contributed by atoms with Gasteiger partial charge in [0.05, 0.1) is 18.5 Å². The average molecular weight is 345 g/mol. The topological polar surface area (TPSA) is 89.8 Å². The van der Waals surface area contributed by atoms with Crippen molar-refractivity contribution >= 4 is 33.5 Å². The first-order chi connectivity index (χ1) is 9.35. The van der Waals surface area contributed by atoms with Gasteiger partial charge in [0, 0.05) is 35.8 Å². The lowest BCUT2D eigenvalue weighted by Gasteiger charge is -2.16. The minimum absolute atomic E-state index is 0.0643. The summed E-state index contributed by atoms with van der Waals surface area (Å²) in [6.45, 7) is 0.172. The Kier molecular flexibility index (Phi) is 5.63. The number of nitro benzene ring substituents is 1. The molecule has 0 saturated heterocycles. The maximum Gasteiger partial charge on any atom is 0.307 e. The lowest BCUT2D eigenvalue weighted by molar-refractivity contribution is -0.385. The summed E-state index contributed by atoms with van der Waals surface area (Å²) in [7, 11) is 2.78. The molecule has 0 N–H and O–H groups in total. The Bertz CT molecular complexity index is 547. The first kappa shape index (κ1) is 16.1. The van der Waals surface area contributed by atoms with Crippen LogP contribution in [0.3, 0.4) is 0 Å². The van der Waals surface area contributed by atoms with E-state index in [-0.39, 0.29) is 24.2 Å². The van der Waals surface area contributed by atoms with Gasteiger partial charge in [0.15, 0.2) is 0 Å². The molecule has 0 fully saturated rings. The molecule has 20 heavy (non-hydrogen) atoms. The molecule has 7 nitrogen and oxygen atoms in total. The van der Waals surface area contributed by atoms with Crippen LogP contribution in [0.1, 0.15) is 16.8 Å². The number of carbonyl (C=O) groups excluding carboxylic acids is 2. The van der Waals surface area contributed by atoms with Crippen molar-refractivity contribution in [3.05, 3.63) is 38.3 Å². The van der Waals surface area contributed by atoms with Crippen molar-refractivity contribution in [3.63, 3.8) is 0 Å². The quantitative estimate of drug-likeness (QED) is 0.463. The van der Waals surface area contributed by atoms with Gasteiger partial charge in [-0.2, -0.15) is 0 Å². The predicted molar refractivity (Wildman–Crippen MR) is 74.4 cm³/mol. The van der Waals surface area contributed by atoms with E-state index in [2.05, 4.69) is 20.7 Å². The summed E-state index contributed by atoms with van der Waals surface area (Å²) in [6, 6.07) is 4.00. The monoisotopic (exact) mass is 344 g/mol. The van der Waals surface area contributed by atoms with Crippen molar-refractivity contribution in [2.24, 2.45) is 0 Å². The molecular formula is C12H13BrN2O5. The van der Waals surface area contributed by atoms with Gasteiger partial charge in [-0.3, -0.25) is 19.7 Å². The van der Waals surface area contributed by atoms with Crippen LogP contribution in [-0.4, -0.2) is 42.4 Å². The Morgan fingerprint density at radius 1 is 1.40 bits per heavy atom. The second kappa shape index (κ2) is 6.99. The number of hydrogen-bond donors (Lipinski definition) is 0. The molecule has 1 aromatic rings. The normalized spacial score (nSPS) is 9.95. The fraction of sp³-hybridized carbons (Fsp3) is 0.333. The van der Waals surface area contributed by atoms with Crippen LogP contribution >= 0.6 is 15.9 Å². The van der Waals surface area contributed by atoms with E-state index in [0.29, 0.717) is 4.47 Å². The number of nitrogens with zero attached hydrogens (tertiary/aromatic N) is 2. The zero-order chi connectivity index (χ0) is 15.3. The molecule has 0 unspecified atom stereocenters. The lowest BCUT2D eigenvalue weighted by atomic mass is 10.2. The molecule has 8 heteroatoms. The van der Waals surface area contributed by atoms with Gasteiger partial charge >= 0.3 is 5.97 Å². The highest BCUT2D eigenvalue weighted by molar-refractivity contribution is 9.10. The van der Waals surface area contributed by atoms with Crippen LogP contribution in [0.5, 0.6) is 0 Å². The molecule has 0 aliphatic rings. The molecule has 0 bridgehead atoms. The summed E-state index contributed by atoms with van der Waals surface area (Å²) in [5, 5.41) is 10.8. The van der Waals surface area contributed by atoms with E-state index in [1.54, 1.807) is 0 Å². The van der Waals surface area contributed by atoms with Gasteiger partial charge in [0.2, 0.25) is 0 Å².